The third-order valence-electron chi connectivity index (χ3n) is 4.66. The summed E-state index contributed by atoms with van der Waals surface area (Å²) in [6.07, 6.45) is 0.215. The molecule has 1 aromatic carbocycles. The van der Waals surface area contributed by atoms with Crippen molar-refractivity contribution in [1.29, 1.82) is 0 Å². The molecule has 3 amide bonds. The first-order chi connectivity index (χ1) is 10.1. The summed E-state index contributed by atoms with van der Waals surface area (Å²) in [4.78, 5) is 39.7. The van der Waals surface area contributed by atoms with Gasteiger partial charge in [-0.2, -0.15) is 0 Å². The van der Waals surface area contributed by atoms with Crippen LogP contribution in [-0.4, -0.2) is 41.4 Å². The standard InChI is InChI=1S/C15H15N3O3/c1-8(19)17-11-5-3-2-4-9(11)10-6-12-14(21)16-7-13(20)18(12)15(10)17/h2-5,10,12,15H,6-7H2,1H3,(H,16,21)/t10-,12-,15-/m0/s1. The Morgan fingerprint density at radius 1 is 1.29 bits per heavy atom. The van der Waals surface area contributed by atoms with Crippen LogP contribution in [0, 0.1) is 0 Å². The smallest absolute Gasteiger partial charge is 0.244 e. The number of hydrogen-bond acceptors (Lipinski definition) is 3. The predicted octanol–water partition coefficient (Wildman–Crippen LogP) is 0.193. The van der Waals surface area contributed by atoms with Crippen LogP contribution in [-0.2, 0) is 14.4 Å². The highest BCUT2D eigenvalue weighted by Gasteiger charge is 2.56. The van der Waals surface area contributed by atoms with Crippen molar-refractivity contribution in [1.82, 2.24) is 10.2 Å². The fraction of sp³-hybridized carbons (Fsp3) is 0.400. The van der Waals surface area contributed by atoms with Crippen LogP contribution in [0.15, 0.2) is 24.3 Å². The fourth-order valence-corrected chi connectivity index (χ4v) is 3.89. The zero-order valence-electron chi connectivity index (χ0n) is 11.6. The first kappa shape index (κ1) is 12.4. The van der Waals surface area contributed by atoms with E-state index >= 15 is 0 Å². The second kappa shape index (κ2) is 4.07. The minimum atomic E-state index is -0.462. The third-order valence-corrected chi connectivity index (χ3v) is 4.66. The number of hydrogen-bond donors (Lipinski definition) is 1. The van der Waals surface area contributed by atoms with E-state index in [0.717, 1.165) is 11.3 Å². The molecule has 0 aromatic heterocycles. The van der Waals surface area contributed by atoms with E-state index in [0.29, 0.717) is 6.42 Å². The molecule has 0 radical (unpaired) electrons. The van der Waals surface area contributed by atoms with Gasteiger partial charge >= 0.3 is 0 Å². The number of para-hydroxylation sites is 1. The number of carbonyl (C=O) groups excluding carboxylic acids is 3. The molecule has 3 aliphatic rings. The zero-order valence-corrected chi connectivity index (χ0v) is 11.6. The normalized spacial score (nSPS) is 29.9. The van der Waals surface area contributed by atoms with Crippen molar-refractivity contribution in [2.45, 2.75) is 31.5 Å². The molecule has 6 nitrogen and oxygen atoms in total. The van der Waals surface area contributed by atoms with Gasteiger partial charge in [0.1, 0.15) is 12.2 Å². The van der Waals surface area contributed by atoms with Gasteiger partial charge in [-0.3, -0.25) is 19.3 Å². The molecule has 21 heavy (non-hydrogen) atoms. The lowest BCUT2D eigenvalue weighted by molar-refractivity contribution is -0.145. The lowest BCUT2D eigenvalue weighted by Gasteiger charge is -2.37. The van der Waals surface area contributed by atoms with Gasteiger partial charge in [-0.05, 0) is 18.1 Å². The molecule has 6 heteroatoms. The van der Waals surface area contributed by atoms with Crippen LogP contribution in [0.3, 0.4) is 0 Å². The van der Waals surface area contributed by atoms with Gasteiger partial charge in [0.2, 0.25) is 17.7 Å². The number of fused-ring (bicyclic) bond motifs is 5. The molecule has 0 saturated carbocycles. The van der Waals surface area contributed by atoms with Crippen LogP contribution in [0.4, 0.5) is 5.69 Å². The molecular weight excluding hydrogens is 270 g/mol. The summed E-state index contributed by atoms with van der Waals surface area (Å²) in [5.41, 5.74) is 1.91. The maximum absolute atomic E-state index is 12.3. The van der Waals surface area contributed by atoms with Gasteiger partial charge in [0.05, 0.1) is 6.54 Å². The zero-order chi connectivity index (χ0) is 14.7. The van der Waals surface area contributed by atoms with Gasteiger partial charge in [0.25, 0.3) is 0 Å². The summed E-state index contributed by atoms with van der Waals surface area (Å²) >= 11 is 0. The number of carbonyl (C=O) groups is 3. The van der Waals surface area contributed by atoms with Crippen molar-refractivity contribution < 1.29 is 14.4 Å². The number of nitrogens with one attached hydrogen (secondary N) is 1. The van der Waals surface area contributed by atoms with Crippen molar-refractivity contribution in [3.8, 4) is 0 Å². The molecule has 0 aliphatic carbocycles. The molecule has 4 rings (SSSR count). The number of rotatable bonds is 0. The van der Waals surface area contributed by atoms with Crippen LogP contribution in [0.2, 0.25) is 0 Å². The van der Waals surface area contributed by atoms with E-state index < -0.39 is 6.04 Å². The summed E-state index contributed by atoms with van der Waals surface area (Å²) < 4.78 is 0. The van der Waals surface area contributed by atoms with Gasteiger partial charge < -0.3 is 10.2 Å². The Labute approximate surface area is 121 Å². The summed E-state index contributed by atoms with van der Waals surface area (Å²) in [7, 11) is 0. The molecule has 1 N–H and O–H groups in total. The van der Waals surface area contributed by atoms with Crippen molar-refractivity contribution >= 4 is 23.4 Å². The Bertz CT molecular complexity index is 672. The maximum Gasteiger partial charge on any atom is 0.244 e. The van der Waals surface area contributed by atoms with E-state index in [1.54, 1.807) is 9.80 Å². The first-order valence-corrected chi connectivity index (χ1v) is 7.07. The maximum atomic E-state index is 12.3. The molecular formula is C15H15N3O3. The highest BCUT2D eigenvalue weighted by Crippen LogP contribution is 2.50. The number of benzene rings is 1. The Hall–Kier alpha value is -2.37. The Balaban J connectivity index is 1.85. The van der Waals surface area contributed by atoms with Gasteiger partial charge in [-0.1, -0.05) is 18.2 Å². The molecule has 3 atom stereocenters. The summed E-state index contributed by atoms with van der Waals surface area (Å²) in [6, 6.07) is 7.24. The minimum Gasteiger partial charge on any atom is -0.345 e. The van der Waals surface area contributed by atoms with Gasteiger partial charge in [0, 0.05) is 18.5 Å². The van der Waals surface area contributed by atoms with E-state index in [-0.39, 0.29) is 36.3 Å². The Kier molecular flexibility index (Phi) is 2.40. The molecule has 2 saturated heterocycles. The number of amides is 3. The Morgan fingerprint density at radius 2 is 2.05 bits per heavy atom. The van der Waals surface area contributed by atoms with Crippen LogP contribution in [0.25, 0.3) is 0 Å². The summed E-state index contributed by atoms with van der Waals surface area (Å²) in [6.45, 7) is 1.52. The highest BCUT2D eigenvalue weighted by atomic mass is 16.2. The van der Waals surface area contributed by atoms with E-state index in [9.17, 15) is 14.4 Å². The van der Waals surface area contributed by atoms with Crippen LogP contribution in [0.1, 0.15) is 24.8 Å². The Morgan fingerprint density at radius 3 is 2.81 bits per heavy atom. The second-order valence-corrected chi connectivity index (χ2v) is 5.74. The van der Waals surface area contributed by atoms with Gasteiger partial charge in [-0.25, -0.2) is 0 Å². The molecule has 1 aromatic rings. The lowest BCUT2D eigenvalue weighted by atomic mass is 9.96. The lowest BCUT2D eigenvalue weighted by Crippen LogP contribution is -2.61. The van der Waals surface area contributed by atoms with E-state index in [1.165, 1.54) is 6.92 Å². The predicted molar refractivity (Wildman–Crippen MR) is 74.4 cm³/mol. The molecule has 3 heterocycles. The van der Waals surface area contributed by atoms with E-state index in [1.807, 2.05) is 24.3 Å². The minimum absolute atomic E-state index is 0.0145. The van der Waals surface area contributed by atoms with Crippen molar-refractivity contribution in [2.24, 2.45) is 0 Å². The molecule has 108 valence electrons. The fourth-order valence-electron chi connectivity index (χ4n) is 3.89. The average molecular weight is 285 g/mol. The SMILES string of the molecule is CC(=O)N1c2ccccc2[C@@H]2C[C@H]3C(=O)NCC(=O)N3[C@@H]21. The number of anilines is 1. The monoisotopic (exact) mass is 285 g/mol. The van der Waals surface area contributed by atoms with E-state index in [2.05, 4.69) is 5.32 Å². The van der Waals surface area contributed by atoms with Gasteiger partial charge in [0.15, 0.2) is 0 Å². The molecule has 2 fully saturated rings. The summed E-state index contributed by atoms with van der Waals surface area (Å²) in [5, 5.41) is 2.63. The van der Waals surface area contributed by atoms with E-state index in [4.69, 9.17) is 0 Å². The largest absolute Gasteiger partial charge is 0.345 e. The topological polar surface area (TPSA) is 69.7 Å². The average Bonchev–Trinajstić information content (AvgIpc) is 2.98. The van der Waals surface area contributed by atoms with Gasteiger partial charge in [-0.15, -0.1) is 0 Å². The van der Waals surface area contributed by atoms with Crippen molar-refractivity contribution in [3.63, 3.8) is 0 Å². The van der Waals surface area contributed by atoms with Crippen LogP contribution >= 0.6 is 0 Å². The number of nitrogens with zero attached hydrogens (tertiary/aromatic N) is 2. The van der Waals surface area contributed by atoms with Crippen LogP contribution in [0.5, 0.6) is 0 Å². The number of piperazine rings is 1. The first-order valence-electron chi connectivity index (χ1n) is 7.07. The molecule has 0 spiro atoms. The second-order valence-electron chi connectivity index (χ2n) is 5.74. The third kappa shape index (κ3) is 1.50. The molecule has 0 unspecified atom stereocenters. The highest BCUT2D eigenvalue weighted by molar-refractivity contribution is 6.00. The molecule has 3 aliphatic heterocycles. The van der Waals surface area contributed by atoms with Crippen LogP contribution < -0.4 is 10.2 Å². The quantitative estimate of drug-likeness (QED) is 0.740. The van der Waals surface area contributed by atoms with Crippen molar-refractivity contribution in [2.75, 3.05) is 11.4 Å². The molecule has 0 bridgehead atoms. The van der Waals surface area contributed by atoms with Crippen molar-refractivity contribution in [3.05, 3.63) is 29.8 Å². The summed E-state index contributed by atoms with van der Waals surface area (Å²) in [5.74, 6) is -0.326.